The molecule has 1 unspecified atom stereocenters. The molecule has 3 nitrogen and oxygen atoms in total. The van der Waals surface area contributed by atoms with E-state index >= 15 is 0 Å². The van der Waals surface area contributed by atoms with E-state index in [1.54, 1.807) is 7.11 Å². The summed E-state index contributed by atoms with van der Waals surface area (Å²) in [5, 5.41) is 3.50. The second-order valence-corrected chi connectivity index (χ2v) is 5.75. The number of ether oxygens (including phenoxy) is 2. The molecule has 0 saturated heterocycles. The maximum Gasteiger partial charge on any atom is 0.123 e. The quantitative estimate of drug-likeness (QED) is 0.868. The Morgan fingerprint density at radius 3 is 2.94 bits per heavy atom. The number of rotatable bonds is 5. The zero-order chi connectivity index (χ0) is 13.2. The van der Waals surface area contributed by atoms with Gasteiger partial charge in [-0.1, -0.05) is 17.7 Å². The molecular weight excluding hydrogens is 226 g/mol. The molecular formula is C15H23NO2. The molecule has 2 rings (SSSR count). The molecule has 0 aliphatic carbocycles. The van der Waals surface area contributed by atoms with Gasteiger partial charge < -0.3 is 14.8 Å². The van der Waals surface area contributed by atoms with Crippen LogP contribution in [0.3, 0.4) is 0 Å². The molecule has 0 aromatic heterocycles. The van der Waals surface area contributed by atoms with E-state index in [-0.39, 0.29) is 11.6 Å². The maximum absolute atomic E-state index is 5.93. The van der Waals surface area contributed by atoms with Gasteiger partial charge in [-0.2, -0.15) is 0 Å². The van der Waals surface area contributed by atoms with Crippen molar-refractivity contribution in [3.63, 3.8) is 0 Å². The van der Waals surface area contributed by atoms with Crippen LogP contribution in [0.25, 0.3) is 0 Å². The highest BCUT2D eigenvalue weighted by atomic mass is 16.5. The molecule has 18 heavy (non-hydrogen) atoms. The highest BCUT2D eigenvalue weighted by Gasteiger charge is 2.25. The molecule has 3 heteroatoms. The van der Waals surface area contributed by atoms with E-state index in [1.165, 1.54) is 11.1 Å². The molecule has 0 amide bonds. The second kappa shape index (κ2) is 5.29. The van der Waals surface area contributed by atoms with Crippen molar-refractivity contribution in [2.45, 2.75) is 38.8 Å². The van der Waals surface area contributed by atoms with Gasteiger partial charge in [-0.3, -0.25) is 0 Å². The predicted octanol–water partition coefficient (Wildman–Crippen LogP) is 2.31. The zero-order valence-electron chi connectivity index (χ0n) is 11.7. The molecule has 100 valence electrons. The van der Waals surface area contributed by atoms with Gasteiger partial charge in [-0.15, -0.1) is 0 Å². The molecule has 1 aromatic rings. The van der Waals surface area contributed by atoms with Gasteiger partial charge in [-0.05, 0) is 32.4 Å². The van der Waals surface area contributed by atoms with Crippen molar-refractivity contribution in [2.75, 3.05) is 20.3 Å². The fraction of sp³-hybridized carbons (Fsp3) is 0.600. The zero-order valence-corrected chi connectivity index (χ0v) is 11.7. The Morgan fingerprint density at radius 1 is 1.44 bits per heavy atom. The van der Waals surface area contributed by atoms with Gasteiger partial charge in [0, 0.05) is 25.6 Å². The number of hydrogen-bond acceptors (Lipinski definition) is 3. The minimum Gasteiger partial charge on any atom is -0.488 e. The van der Waals surface area contributed by atoms with E-state index in [0.717, 1.165) is 18.7 Å². The van der Waals surface area contributed by atoms with Crippen LogP contribution in [0.2, 0.25) is 0 Å². The van der Waals surface area contributed by atoms with E-state index in [0.29, 0.717) is 6.61 Å². The molecule has 0 fully saturated rings. The van der Waals surface area contributed by atoms with Crippen LogP contribution in [-0.4, -0.2) is 31.9 Å². The van der Waals surface area contributed by atoms with Gasteiger partial charge in [0.15, 0.2) is 0 Å². The highest BCUT2D eigenvalue weighted by molar-refractivity contribution is 5.40. The van der Waals surface area contributed by atoms with E-state index in [4.69, 9.17) is 9.47 Å². The van der Waals surface area contributed by atoms with E-state index < -0.39 is 0 Å². The third-order valence-corrected chi connectivity index (χ3v) is 3.27. The summed E-state index contributed by atoms with van der Waals surface area (Å²) < 4.78 is 11.1. The number of hydrogen-bond donors (Lipinski definition) is 1. The SMILES string of the molecule is COCC(C)(C)NCC1Cc2cc(C)ccc2O1. The summed E-state index contributed by atoms with van der Waals surface area (Å²) in [5.74, 6) is 1.04. The standard InChI is InChI=1S/C15H23NO2/c1-11-5-6-14-12(7-11)8-13(18-14)9-16-15(2,3)10-17-4/h5-7,13,16H,8-10H2,1-4H3. The van der Waals surface area contributed by atoms with Gasteiger partial charge >= 0.3 is 0 Å². The van der Waals surface area contributed by atoms with Gasteiger partial charge in [0.05, 0.1) is 6.61 Å². The average molecular weight is 249 g/mol. The molecule has 0 radical (unpaired) electrons. The summed E-state index contributed by atoms with van der Waals surface area (Å²) in [6.07, 6.45) is 1.23. The lowest BCUT2D eigenvalue weighted by atomic mass is 10.0. The monoisotopic (exact) mass is 249 g/mol. The van der Waals surface area contributed by atoms with Gasteiger partial charge in [0.25, 0.3) is 0 Å². The molecule has 1 aliphatic heterocycles. The van der Waals surface area contributed by atoms with Crippen molar-refractivity contribution in [2.24, 2.45) is 0 Å². The number of aryl methyl sites for hydroxylation is 1. The van der Waals surface area contributed by atoms with Crippen LogP contribution in [0.4, 0.5) is 0 Å². The maximum atomic E-state index is 5.93. The summed E-state index contributed by atoms with van der Waals surface area (Å²) in [7, 11) is 1.73. The van der Waals surface area contributed by atoms with Gasteiger partial charge in [0.2, 0.25) is 0 Å². The lowest BCUT2D eigenvalue weighted by Crippen LogP contribution is -2.47. The van der Waals surface area contributed by atoms with Crippen LogP contribution < -0.4 is 10.1 Å². The first kappa shape index (κ1) is 13.4. The predicted molar refractivity (Wildman–Crippen MR) is 73.3 cm³/mol. The molecule has 1 N–H and O–H groups in total. The van der Waals surface area contributed by atoms with Crippen LogP contribution in [0.15, 0.2) is 18.2 Å². The van der Waals surface area contributed by atoms with E-state index in [2.05, 4.69) is 44.3 Å². The van der Waals surface area contributed by atoms with E-state index in [9.17, 15) is 0 Å². The lowest BCUT2D eigenvalue weighted by Gasteiger charge is -2.27. The van der Waals surface area contributed by atoms with Crippen molar-refractivity contribution in [3.8, 4) is 5.75 Å². The molecule has 0 spiro atoms. The van der Waals surface area contributed by atoms with Gasteiger partial charge in [-0.25, -0.2) is 0 Å². The summed E-state index contributed by atoms with van der Waals surface area (Å²) >= 11 is 0. The smallest absolute Gasteiger partial charge is 0.123 e. The molecule has 0 saturated carbocycles. The lowest BCUT2D eigenvalue weighted by molar-refractivity contribution is 0.117. The summed E-state index contributed by atoms with van der Waals surface area (Å²) in [4.78, 5) is 0. The Balaban J connectivity index is 1.88. The van der Waals surface area contributed by atoms with Crippen LogP contribution in [0.1, 0.15) is 25.0 Å². The van der Waals surface area contributed by atoms with Crippen molar-refractivity contribution in [3.05, 3.63) is 29.3 Å². The first-order valence-electron chi connectivity index (χ1n) is 6.50. The number of benzene rings is 1. The third-order valence-electron chi connectivity index (χ3n) is 3.27. The summed E-state index contributed by atoms with van der Waals surface area (Å²) in [5.41, 5.74) is 2.61. The number of nitrogens with one attached hydrogen (secondary N) is 1. The third kappa shape index (κ3) is 3.24. The molecule has 0 bridgehead atoms. The van der Waals surface area contributed by atoms with Crippen molar-refractivity contribution >= 4 is 0 Å². The highest BCUT2D eigenvalue weighted by Crippen LogP contribution is 2.29. The Morgan fingerprint density at radius 2 is 2.22 bits per heavy atom. The molecule has 1 aromatic carbocycles. The van der Waals surface area contributed by atoms with Crippen molar-refractivity contribution < 1.29 is 9.47 Å². The van der Waals surface area contributed by atoms with Crippen LogP contribution in [-0.2, 0) is 11.2 Å². The van der Waals surface area contributed by atoms with Crippen LogP contribution >= 0.6 is 0 Å². The van der Waals surface area contributed by atoms with E-state index in [1.807, 2.05) is 0 Å². The Hall–Kier alpha value is -1.06. The van der Waals surface area contributed by atoms with Crippen LogP contribution in [0, 0.1) is 6.92 Å². The second-order valence-electron chi connectivity index (χ2n) is 5.75. The van der Waals surface area contributed by atoms with Crippen molar-refractivity contribution in [1.29, 1.82) is 0 Å². The molecule has 1 atom stereocenters. The Bertz CT molecular complexity index is 415. The average Bonchev–Trinajstić information content (AvgIpc) is 2.68. The first-order valence-corrected chi connectivity index (χ1v) is 6.50. The number of fused-ring (bicyclic) bond motifs is 1. The largest absolute Gasteiger partial charge is 0.488 e. The summed E-state index contributed by atoms with van der Waals surface area (Å²) in [6, 6.07) is 6.39. The van der Waals surface area contributed by atoms with Gasteiger partial charge in [0.1, 0.15) is 11.9 Å². The number of methoxy groups -OCH3 is 1. The minimum absolute atomic E-state index is 0.0111. The Labute approximate surface area is 109 Å². The summed E-state index contributed by atoms with van der Waals surface area (Å²) in [6.45, 7) is 7.95. The fourth-order valence-electron chi connectivity index (χ4n) is 2.37. The van der Waals surface area contributed by atoms with Crippen molar-refractivity contribution in [1.82, 2.24) is 5.32 Å². The van der Waals surface area contributed by atoms with Crippen LogP contribution in [0.5, 0.6) is 5.75 Å². The minimum atomic E-state index is -0.0111. The normalized spacial score (nSPS) is 18.6. The molecule has 1 aliphatic rings. The first-order chi connectivity index (χ1) is 8.50. The fourth-order valence-corrected chi connectivity index (χ4v) is 2.37. The molecule has 1 heterocycles. The Kier molecular flexibility index (Phi) is 3.93. The topological polar surface area (TPSA) is 30.5 Å².